The van der Waals surface area contributed by atoms with Crippen LogP contribution in [-0.2, 0) is 20.7 Å². The first-order valence-electron chi connectivity index (χ1n) is 11.1. The van der Waals surface area contributed by atoms with Crippen LogP contribution in [0, 0.1) is 10.8 Å². The summed E-state index contributed by atoms with van der Waals surface area (Å²) < 4.78 is 22.7. The molecule has 0 saturated heterocycles. The number of rotatable bonds is 9. The summed E-state index contributed by atoms with van der Waals surface area (Å²) >= 11 is 3.44. The van der Waals surface area contributed by atoms with E-state index in [-0.39, 0.29) is 24.6 Å². The van der Waals surface area contributed by atoms with E-state index < -0.39 is 11.5 Å². The smallest absolute Gasteiger partial charge is 0.407 e. The van der Waals surface area contributed by atoms with Crippen molar-refractivity contribution in [2.75, 3.05) is 34.0 Å². The zero-order valence-corrected chi connectivity index (χ0v) is 21.4. The molecule has 1 amide bonds. The first kappa shape index (κ1) is 26.3. The number of methoxy groups -OCH3 is 2. The van der Waals surface area contributed by atoms with E-state index in [9.17, 15) is 9.59 Å². The molecular formula is C24H36BrNO6. The molecule has 1 aliphatic carbocycles. The fourth-order valence-corrected chi connectivity index (χ4v) is 4.24. The van der Waals surface area contributed by atoms with Crippen LogP contribution in [0.15, 0.2) is 16.6 Å². The van der Waals surface area contributed by atoms with Gasteiger partial charge in [-0.1, -0.05) is 19.3 Å². The van der Waals surface area contributed by atoms with Gasteiger partial charge in [-0.25, -0.2) is 4.79 Å². The van der Waals surface area contributed by atoms with Crippen molar-refractivity contribution in [1.82, 2.24) is 5.32 Å². The maximum Gasteiger partial charge on any atom is 0.407 e. The largest absolute Gasteiger partial charge is 0.496 e. The molecule has 180 valence electrons. The molecule has 1 aliphatic rings. The van der Waals surface area contributed by atoms with Crippen LogP contribution >= 0.6 is 15.9 Å². The number of hydrogen-bond acceptors (Lipinski definition) is 6. The van der Waals surface area contributed by atoms with Crippen LogP contribution in [0.3, 0.4) is 0 Å². The van der Waals surface area contributed by atoms with Gasteiger partial charge in [0.2, 0.25) is 0 Å². The Hall–Kier alpha value is -1.96. The standard InChI is InChI=1S/C24H36BrNO6/c1-23(2,3)21(27)31-15-24(10-7-6-8-11-24)16-32-22(28)26-12-9-17-13-20(30-5)18(25)14-19(17)29-4/h13-14H,6-12,15-16H2,1-5H3,(H,26,28). The minimum atomic E-state index is -0.551. The van der Waals surface area contributed by atoms with Crippen molar-refractivity contribution >= 4 is 28.0 Å². The number of halogens is 1. The Balaban J connectivity index is 1.88. The normalized spacial score (nSPS) is 15.6. The summed E-state index contributed by atoms with van der Waals surface area (Å²) in [5.74, 6) is 1.19. The Labute approximate surface area is 199 Å². The second-order valence-electron chi connectivity index (χ2n) is 9.44. The molecule has 0 heterocycles. The fourth-order valence-electron chi connectivity index (χ4n) is 3.76. The van der Waals surface area contributed by atoms with Crippen LogP contribution in [-0.4, -0.2) is 46.0 Å². The summed E-state index contributed by atoms with van der Waals surface area (Å²) in [7, 11) is 3.21. The van der Waals surface area contributed by atoms with E-state index in [0.29, 0.717) is 18.7 Å². The van der Waals surface area contributed by atoms with Crippen LogP contribution in [0.1, 0.15) is 58.4 Å². The van der Waals surface area contributed by atoms with Crippen molar-refractivity contribution in [2.24, 2.45) is 10.8 Å². The van der Waals surface area contributed by atoms with Crippen LogP contribution < -0.4 is 14.8 Å². The lowest BCUT2D eigenvalue weighted by molar-refractivity contribution is -0.158. The number of carbonyl (C=O) groups is 2. The fraction of sp³-hybridized carbons (Fsp3) is 0.667. The molecule has 0 spiro atoms. The maximum absolute atomic E-state index is 12.3. The molecule has 2 rings (SSSR count). The van der Waals surface area contributed by atoms with Gasteiger partial charge >= 0.3 is 12.1 Å². The number of nitrogens with one attached hydrogen (secondary N) is 1. The molecule has 7 nitrogen and oxygen atoms in total. The first-order chi connectivity index (χ1) is 15.1. The van der Waals surface area contributed by atoms with E-state index in [4.69, 9.17) is 18.9 Å². The number of alkyl carbamates (subject to hydrolysis) is 1. The molecule has 1 aromatic carbocycles. The van der Waals surface area contributed by atoms with Gasteiger partial charge in [-0.3, -0.25) is 4.79 Å². The molecule has 8 heteroatoms. The van der Waals surface area contributed by atoms with Crippen molar-refractivity contribution in [3.63, 3.8) is 0 Å². The summed E-state index contributed by atoms with van der Waals surface area (Å²) in [5.41, 5.74) is 0.0644. The predicted octanol–water partition coefficient (Wildman–Crippen LogP) is 5.27. The van der Waals surface area contributed by atoms with Gasteiger partial charge in [0.15, 0.2) is 0 Å². The van der Waals surface area contributed by atoms with Crippen LogP contribution in [0.5, 0.6) is 11.5 Å². The average molecular weight is 514 g/mol. The topological polar surface area (TPSA) is 83.1 Å². The number of esters is 1. The highest BCUT2D eigenvalue weighted by Gasteiger charge is 2.36. The van der Waals surface area contributed by atoms with Gasteiger partial charge in [0.05, 0.1) is 24.1 Å². The lowest BCUT2D eigenvalue weighted by atomic mass is 9.75. The highest BCUT2D eigenvalue weighted by molar-refractivity contribution is 9.10. The van der Waals surface area contributed by atoms with E-state index in [1.54, 1.807) is 14.2 Å². The molecule has 0 radical (unpaired) electrons. The number of benzene rings is 1. The Bertz CT molecular complexity index is 783. The minimum Gasteiger partial charge on any atom is -0.496 e. The zero-order chi connectivity index (χ0) is 23.8. The summed E-state index contributed by atoms with van der Waals surface area (Å²) in [6.45, 7) is 6.43. The van der Waals surface area contributed by atoms with Crippen LogP contribution in [0.25, 0.3) is 0 Å². The quantitative estimate of drug-likeness (QED) is 0.452. The van der Waals surface area contributed by atoms with Gasteiger partial charge in [-0.05, 0) is 73.7 Å². The Morgan fingerprint density at radius 1 is 1.00 bits per heavy atom. The molecule has 1 aromatic rings. The van der Waals surface area contributed by atoms with Crippen molar-refractivity contribution < 1.29 is 28.5 Å². The minimum absolute atomic E-state index is 0.231. The van der Waals surface area contributed by atoms with Crippen LogP contribution in [0.2, 0.25) is 0 Å². The predicted molar refractivity (Wildman–Crippen MR) is 126 cm³/mol. The van der Waals surface area contributed by atoms with E-state index in [2.05, 4.69) is 21.2 Å². The van der Waals surface area contributed by atoms with Crippen molar-refractivity contribution in [2.45, 2.75) is 59.3 Å². The highest BCUT2D eigenvalue weighted by Crippen LogP contribution is 2.37. The molecule has 0 unspecified atom stereocenters. The van der Waals surface area contributed by atoms with Crippen molar-refractivity contribution in [1.29, 1.82) is 0 Å². The molecular weight excluding hydrogens is 478 g/mol. The summed E-state index contributed by atoms with van der Waals surface area (Å²) in [6, 6.07) is 3.73. The highest BCUT2D eigenvalue weighted by atomic mass is 79.9. The Kier molecular flexibility index (Phi) is 9.67. The van der Waals surface area contributed by atoms with Gasteiger partial charge < -0.3 is 24.3 Å². The zero-order valence-electron chi connectivity index (χ0n) is 19.8. The molecule has 0 aromatic heterocycles. The average Bonchev–Trinajstić information content (AvgIpc) is 2.76. The second kappa shape index (κ2) is 11.8. The van der Waals surface area contributed by atoms with Crippen LogP contribution in [0.4, 0.5) is 4.79 Å². The van der Waals surface area contributed by atoms with Gasteiger partial charge in [0, 0.05) is 12.0 Å². The monoisotopic (exact) mass is 513 g/mol. The van der Waals surface area contributed by atoms with Gasteiger partial charge in [0.25, 0.3) is 0 Å². The molecule has 1 N–H and O–H groups in total. The third-order valence-electron chi connectivity index (χ3n) is 5.76. The maximum atomic E-state index is 12.3. The molecule has 0 aliphatic heterocycles. The molecule has 0 bridgehead atoms. The van der Waals surface area contributed by atoms with Gasteiger partial charge in [-0.2, -0.15) is 0 Å². The molecule has 0 atom stereocenters. The van der Waals surface area contributed by atoms with Crippen molar-refractivity contribution in [3.8, 4) is 11.5 Å². The van der Waals surface area contributed by atoms with E-state index in [0.717, 1.165) is 47.9 Å². The Morgan fingerprint density at radius 3 is 2.22 bits per heavy atom. The van der Waals surface area contributed by atoms with E-state index >= 15 is 0 Å². The summed E-state index contributed by atoms with van der Waals surface area (Å²) in [6.07, 6.45) is 5.10. The van der Waals surface area contributed by atoms with Crippen molar-refractivity contribution in [3.05, 3.63) is 22.2 Å². The van der Waals surface area contributed by atoms with Gasteiger partial charge in [-0.15, -0.1) is 0 Å². The second-order valence-corrected chi connectivity index (χ2v) is 10.3. The molecule has 1 saturated carbocycles. The summed E-state index contributed by atoms with van der Waals surface area (Å²) in [4.78, 5) is 24.6. The third kappa shape index (κ3) is 7.57. The first-order valence-corrected chi connectivity index (χ1v) is 11.9. The third-order valence-corrected chi connectivity index (χ3v) is 6.38. The molecule has 32 heavy (non-hydrogen) atoms. The lowest BCUT2D eigenvalue weighted by Gasteiger charge is -2.36. The number of hydrogen-bond donors (Lipinski definition) is 1. The van der Waals surface area contributed by atoms with E-state index in [1.165, 1.54) is 0 Å². The lowest BCUT2D eigenvalue weighted by Crippen LogP contribution is -2.39. The number of amides is 1. The number of ether oxygens (including phenoxy) is 4. The molecule has 1 fully saturated rings. The van der Waals surface area contributed by atoms with E-state index in [1.807, 2.05) is 32.9 Å². The van der Waals surface area contributed by atoms with Gasteiger partial charge in [0.1, 0.15) is 24.7 Å². The summed E-state index contributed by atoms with van der Waals surface area (Å²) in [5, 5.41) is 2.80. The number of carbonyl (C=O) groups excluding carboxylic acids is 2. The Morgan fingerprint density at radius 2 is 1.62 bits per heavy atom. The SMILES string of the molecule is COc1cc(CCNC(=O)OCC2(COC(=O)C(C)(C)C)CCCCC2)c(OC)cc1Br.